The number of hydrogen-bond donors (Lipinski definition) is 0. The van der Waals surface area contributed by atoms with Crippen LogP contribution >= 0.6 is 0 Å². The third-order valence-corrected chi connectivity index (χ3v) is 2.49. The van der Waals surface area contributed by atoms with Crippen LogP contribution in [0.4, 0.5) is 0 Å². The minimum atomic E-state index is -0.251. The molecule has 18 heavy (non-hydrogen) atoms. The number of ketones is 1. The molecule has 0 unspecified atom stereocenters. The summed E-state index contributed by atoms with van der Waals surface area (Å²) in [6.07, 6.45) is 0. The number of aromatic nitrogens is 1. The molecule has 2 nitrogen and oxygen atoms in total. The van der Waals surface area contributed by atoms with E-state index in [1.165, 1.54) is 5.56 Å². The Bertz CT molecular complexity index is 630. The summed E-state index contributed by atoms with van der Waals surface area (Å²) in [5.74, 6) is 5.21. The van der Waals surface area contributed by atoms with E-state index >= 15 is 0 Å². The first-order chi connectivity index (χ1) is 8.65. The van der Waals surface area contributed by atoms with E-state index in [0.717, 1.165) is 11.3 Å². The van der Waals surface area contributed by atoms with E-state index < -0.39 is 0 Å². The Kier molecular flexibility index (Phi) is 3.54. The summed E-state index contributed by atoms with van der Waals surface area (Å²) >= 11 is 0. The van der Waals surface area contributed by atoms with Crippen LogP contribution in [0.5, 0.6) is 0 Å². The van der Waals surface area contributed by atoms with Gasteiger partial charge in [0.25, 0.3) is 5.78 Å². The lowest BCUT2D eigenvalue weighted by molar-refractivity contribution is 0.105. The molecule has 0 fully saturated rings. The predicted octanol–water partition coefficient (Wildman–Crippen LogP) is 2.93. The topological polar surface area (TPSA) is 30.0 Å². The number of benzene rings is 1. The first kappa shape index (κ1) is 12.1. The molecule has 0 aliphatic rings. The van der Waals surface area contributed by atoms with Crippen molar-refractivity contribution in [2.24, 2.45) is 0 Å². The van der Waals surface area contributed by atoms with Crippen molar-refractivity contribution in [2.75, 3.05) is 0 Å². The van der Waals surface area contributed by atoms with Crippen molar-refractivity contribution in [2.45, 2.75) is 13.8 Å². The first-order valence-corrected chi connectivity index (χ1v) is 5.72. The summed E-state index contributed by atoms with van der Waals surface area (Å²) in [6.45, 7) is 3.86. The quantitative estimate of drug-likeness (QED) is 0.562. The van der Waals surface area contributed by atoms with Gasteiger partial charge in [0.1, 0.15) is 5.69 Å². The smallest absolute Gasteiger partial charge is 0.254 e. The second kappa shape index (κ2) is 5.29. The van der Waals surface area contributed by atoms with Gasteiger partial charge in [-0.05, 0) is 44.0 Å². The molecule has 2 heteroatoms. The van der Waals surface area contributed by atoms with Crippen LogP contribution in [0, 0.1) is 25.7 Å². The third-order valence-electron chi connectivity index (χ3n) is 2.49. The largest absolute Gasteiger partial charge is 0.277 e. The SMILES string of the molecule is Cc1ccc(C#CC(=O)c2cccc(C)n2)cc1. The average molecular weight is 235 g/mol. The molecule has 0 saturated heterocycles. The molecule has 88 valence electrons. The van der Waals surface area contributed by atoms with E-state index in [4.69, 9.17) is 0 Å². The molecule has 0 aliphatic carbocycles. The summed E-state index contributed by atoms with van der Waals surface area (Å²) in [5, 5.41) is 0. The molecule has 0 amide bonds. The fraction of sp³-hybridized carbons (Fsp3) is 0.125. The number of hydrogen-bond acceptors (Lipinski definition) is 2. The van der Waals surface area contributed by atoms with Crippen LogP contribution in [0.1, 0.15) is 27.3 Å². The number of carbonyl (C=O) groups is 1. The molecule has 2 rings (SSSR count). The second-order valence-corrected chi connectivity index (χ2v) is 4.11. The van der Waals surface area contributed by atoms with Gasteiger partial charge in [-0.15, -0.1) is 0 Å². The maximum Gasteiger partial charge on any atom is 0.254 e. The van der Waals surface area contributed by atoms with Crippen molar-refractivity contribution in [3.05, 3.63) is 65.0 Å². The standard InChI is InChI=1S/C16H13NO/c1-12-6-8-14(9-7-12)10-11-16(18)15-5-3-4-13(2)17-15/h3-9H,1-2H3. The summed E-state index contributed by atoms with van der Waals surface area (Å²) in [5.41, 5.74) is 3.22. The molecular weight excluding hydrogens is 222 g/mol. The van der Waals surface area contributed by atoms with Crippen molar-refractivity contribution < 1.29 is 4.79 Å². The number of Topliss-reactive ketones (excluding diaryl/α,β-unsaturated/α-hetero) is 1. The van der Waals surface area contributed by atoms with Gasteiger partial charge in [-0.1, -0.05) is 29.7 Å². The molecule has 1 aromatic heterocycles. The fourth-order valence-corrected chi connectivity index (χ4v) is 1.50. The summed E-state index contributed by atoms with van der Waals surface area (Å²) in [4.78, 5) is 15.9. The Labute approximate surface area is 107 Å². The van der Waals surface area contributed by atoms with Crippen molar-refractivity contribution in [1.29, 1.82) is 0 Å². The highest BCUT2D eigenvalue weighted by Crippen LogP contribution is 2.02. The molecule has 0 spiro atoms. The number of aryl methyl sites for hydroxylation is 2. The fourth-order valence-electron chi connectivity index (χ4n) is 1.50. The van der Waals surface area contributed by atoms with Gasteiger partial charge >= 0.3 is 0 Å². The van der Waals surface area contributed by atoms with Crippen LogP contribution in [0.15, 0.2) is 42.5 Å². The van der Waals surface area contributed by atoms with E-state index in [0.29, 0.717) is 5.69 Å². The van der Waals surface area contributed by atoms with Gasteiger partial charge in [-0.2, -0.15) is 0 Å². The van der Waals surface area contributed by atoms with E-state index in [2.05, 4.69) is 16.8 Å². The number of carbonyl (C=O) groups excluding carboxylic acids is 1. The Morgan fingerprint density at radius 1 is 1.06 bits per heavy atom. The van der Waals surface area contributed by atoms with Crippen LogP contribution in [-0.4, -0.2) is 10.8 Å². The molecule has 1 aromatic carbocycles. The Balaban J connectivity index is 2.20. The minimum Gasteiger partial charge on any atom is -0.277 e. The van der Waals surface area contributed by atoms with Gasteiger partial charge in [0.05, 0.1) is 0 Å². The zero-order valence-electron chi connectivity index (χ0n) is 10.4. The molecule has 0 atom stereocenters. The lowest BCUT2D eigenvalue weighted by Gasteiger charge is -1.95. The van der Waals surface area contributed by atoms with Crippen molar-refractivity contribution in [1.82, 2.24) is 4.98 Å². The monoisotopic (exact) mass is 235 g/mol. The zero-order valence-corrected chi connectivity index (χ0v) is 10.4. The highest BCUT2D eigenvalue weighted by molar-refractivity contribution is 6.08. The Hall–Kier alpha value is -2.40. The molecule has 0 radical (unpaired) electrons. The molecular formula is C16H13NO. The van der Waals surface area contributed by atoms with E-state index in [1.54, 1.807) is 6.07 Å². The van der Waals surface area contributed by atoms with Crippen molar-refractivity contribution >= 4 is 5.78 Å². The van der Waals surface area contributed by atoms with Gasteiger partial charge in [0, 0.05) is 11.3 Å². The number of pyridine rings is 1. The number of nitrogens with zero attached hydrogens (tertiary/aromatic N) is 1. The minimum absolute atomic E-state index is 0.251. The third kappa shape index (κ3) is 3.05. The van der Waals surface area contributed by atoms with Gasteiger partial charge in [-0.3, -0.25) is 4.79 Å². The van der Waals surface area contributed by atoms with Gasteiger partial charge in [0.2, 0.25) is 0 Å². The molecule has 2 aromatic rings. The number of rotatable bonds is 1. The second-order valence-electron chi connectivity index (χ2n) is 4.11. The Morgan fingerprint density at radius 2 is 1.78 bits per heavy atom. The predicted molar refractivity (Wildman–Crippen MR) is 71.4 cm³/mol. The van der Waals surface area contributed by atoms with Crippen LogP contribution in [-0.2, 0) is 0 Å². The van der Waals surface area contributed by atoms with Crippen molar-refractivity contribution in [3.8, 4) is 11.8 Å². The lowest BCUT2D eigenvalue weighted by Crippen LogP contribution is -1.99. The van der Waals surface area contributed by atoms with E-state index in [1.807, 2.05) is 50.2 Å². The van der Waals surface area contributed by atoms with Crippen LogP contribution < -0.4 is 0 Å². The van der Waals surface area contributed by atoms with Crippen LogP contribution in [0.25, 0.3) is 0 Å². The van der Waals surface area contributed by atoms with Crippen LogP contribution in [0.3, 0.4) is 0 Å². The molecule has 1 heterocycles. The van der Waals surface area contributed by atoms with Gasteiger partial charge in [-0.25, -0.2) is 4.98 Å². The Morgan fingerprint density at radius 3 is 2.44 bits per heavy atom. The molecule has 0 N–H and O–H groups in total. The summed E-state index contributed by atoms with van der Waals surface area (Å²) in [6, 6.07) is 13.1. The highest BCUT2D eigenvalue weighted by atomic mass is 16.1. The maximum atomic E-state index is 11.8. The zero-order chi connectivity index (χ0) is 13.0. The van der Waals surface area contributed by atoms with Crippen LogP contribution in [0.2, 0.25) is 0 Å². The van der Waals surface area contributed by atoms with E-state index in [9.17, 15) is 4.79 Å². The molecule has 0 aliphatic heterocycles. The van der Waals surface area contributed by atoms with E-state index in [-0.39, 0.29) is 5.78 Å². The lowest BCUT2D eigenvalue weighted by atomic mass is 10.1. The maximum absolute atomic E-state index is 11.8. The van der Waals surface area contributed by atoms with Crippen molar-refractivity contribution in [3.63, 3.8) is 0 Å². The van der Waals surface area contributed by atoms with Gasteiger partial charge in [0.15, 0.2) is 0 Å². The normalized spacial score (nSPS) is 9.44. The average Bonchev–Trinajstić information content (AvgIpc) is 2.38. The molecule has 0 saturated carbocycles. The van der Waals surface area contributed by atoms with Gasteiger partial charge < -0.3 is 0 Å². The highest BCUT2D eigenvalue weighted by Gasteiger charge is 2.02. The first-order valence-electron chi connectivity index (χ1n) is 5.72. The molecule has 0 bridgehead atoms. The summed E-state index contributed by atoms with van der Waals surface area (Å²) < 4.78 is 0. The summed E-state index contributed by atoms with van der Waals surface area (Å²) in [7, 11) is 0.